The van der Waals surface area contributed by atoms with Crippen molar-refractivity contribution in [3.8, 4) is 0 Å². The molecule has 0 fully saturated rings. The Kier molecular flexibility index (Phi) is 59.1. The maximum Gasteiger partial charge on any atom is 0.472 e. The molecule has 2 N–H and O–H groups in total. The van der Waals surface area contributed by atoms with Gasteiger partial charge in [-0.1, -0.05) is 266 Å². The van der Waals surface area contributed by atoms with Crippen LogP contribution < -0.4 is 0 Å². The van der Waals surface area contributed by atoms with Gasteiger partial charge in [-0.05, 0) is 89.9 Å². The van der Waals surface area contributed by atoms with Crippen molar-refractivity contribution in [3.05, 3.63) is 85.1 Å². The number of aliphatic hydroxyl groups excluding tert-OH is 1. The van der Waals surface area contributed by atoms with Gasteiger partial charge in [0.25, 0.3) is 0 Å². The fourth-order valence-electron chi connectivity index (χ4n) is 8.95. The smallest absolute Gasteiger partial charge is 0.462 e. The third-order valence-corrected chi connectivity index (χ3v) is 14.8. The lowest BCUT2D eigenvalue weighted by atomic mass is 10.0. The second kappa shape index (κ2) is 61.7. The summed E-state index contributed by atoms with van der Waals surface area (Å²) < 4.78 is 39.7. The second-order valence-corrected chi connectivity index (χ2v) is 23.0. The van der Waals surface area contributed by atoms with E-state index in [0.29, 0.717) is 19.3 Å². The fraction of sp³-hybridized carbons (Fsp3) is 0.750. The van der Waals surface area contributed by atoms with E-state index in [4.69, 9.17) is 23.3 Å². The van der Waals surface area contributed by atoms with Crippen LogP contribution in [-0.4, -0.2) is 66.5 Å². The van der Waals surface area contributed by atoms with Gasteiger partial charge in [-0.2, -0.15) is 0 Å². The van der Waals surface area contributed by atoms with Crippen LogP contribution in [0.15, 0.2) is 85.1 Å². The van der Waals surface area contributed by atoms with Crippen LogP contribution in [0.2, 0.25) is 0 Å². The van der Waals surface area contributed by atoms with E-state index < -0.39 is 57.8 Å². The summed E-state index contributed by atoms with van der Waals surface area (Å²) in [6, 6.07) is 0. The molecule has 0 radical (unpaired) electrons. The van der Waals surface area contributed by atoms with Gasteiger partial charge in [0.15, 0.2) is 6.10 Å². The van der Waals surface area contributed by atoms with Gasteiger partial charge in [-0.15, -0.1) is 0 Å². The number of rotatable bonds is 60. The van der Waals surface area contributed by atoms with Crippen LogP contribution in [0, 0.1) is 0 Å². The Bertz CT molecular complexity index is 1670. The first kappa shape index (κ1) is 76.7. The Morgan fingerprint density at radius 1 is 0.362 bits per heavy atom. The lowest BCUT2D eigenvalue weighted by molar-refractivity contribution is -0.161. The molecule has 0 aromatic rings. The zero-order valence-corrected chi connectivity index (χ0v) is 52.2. The number of allylic oxidation sites excluding steroid dienone is 14. The summed E-state index contributed by atoms with van der Waals surface area (Å²) in [4.78, 5) is 48.8. The summed E-state index contributed by atoms with van der Waals surface area (Å²) in [6.45, 7) is 4.43. The molecular weight excluding hydrogens is 1020 g/mol. The van der Waals surface area contributed by atoms with Crippen molar-refractivity contribution in [2.45, 2.75) is 303 Å². The highest BCUT2D eigenvalue weighted by Gasteiger charge is 2.28. The third kappa shape index (κ3) is 59.3. The van der Waals surface area contributed by atoms with E-state index in [1.165, 1.54) is 96.3 Å². The Morgan fingerprint density at radius 3 is 1.00 bits per heavy atom. The topological polar surface area (TPSA) is 155 Å². The van der Waals surface area contributed by atoms with Crippen LogP contribution >= 0.6 is 7.82 Å². The van der Waals surface area contributed by atoms with Gasteiger partial charge in [0.05, 0.1) is 19.8 Å². The molecule has 0 amide bonds. The Labute approximate surface area is 490 Å². The van der Waals surface area contributed by atoms with Crippen LogP contribution in [-0.2, 0) is 42.2 Å². The number of carbonyl (C=O) groups is 3. The van der Waals surface area contributed by atoms with Crippen molar-refractivity contribution in [1.82, 2.24) is 0 Å². The van der Waals surface area contributed by atoms with Crippen LogP contribution in [0.25, 0.3) is 0 Å². The standard InChI is InChI=1S/C68H119O11P/c1-4-7-10-13-16-19-22-25-28-30-32-34-37-39-42-45-48-51-54-57-66(70)75-61-65(79-68(72)59-56-53-50-47-44-41-38-35-33-31-29-26-23-20-17-14-11-8-5-2)63-77-80(73,74)76-62-64(60-69)78-67(71)58-55-52-49-46-43-40-36-27-24-21-18-15-12-9-6-3/h7,9-10,12,16,18-19,21,25,27-28,32,34,36,64-65,69H,4-6,8,11,13-15,17,20,22-24,26,29-31,33,35,37-63H2,1-3H3,(H,73,74)/b10-7-,12-9-,19-16-,21-18-,28-25-,34-32-,36-27-. The number of hydrogen-bond acceptors (Lipinski definition) is 10. The Morgan fingerprint density at radius 2 is 0.650 bits per heavy atom. The molecule has 0 aliphatic rings. The first-order chi connectivity index (χ1) is 39.2. The minimum absolute atomic E-state index is 0.155. The monoisotopic (exact) mass is 1140 g/mol. The van der Waals surface area contributed by atoms with Crippen LogP contribution in [0.3, 0.4) is 0 Å². The molecule has 3 unspecified atom stereocenters. The van der Waals surface area contributed by atoms with Gasteiger partial charge in [0.1, 0.15) is 12.7 Å². The van der Waals surface area contributed by atoms with Crippen LogP contribution in [0.4, 0.5) is 0 Å². The average Bonchev–Trinajstić information content (AvgIpc) is 3.45. The molecule has 11 nitrogen and oxygen atoms in total. The molecule has 0 aliphatic heterocycles. The normalized spacial score (nSPS) is 13.8. The molecule has 3 atom stereocenters. The molecule has 80 heavy (non-hydrogen) atoms. The van der Waals surface area contributed by atoms with Crippen molar-refractivity contribution in [1.29, 1.82) is 0 Å². The lowest BCUT2D eigenvalue weighted by Gasteiger charge is -2.21. The molecule has 0 aromatic carbocycles. The molecule has 0 saturated carbocycles. The van der Waals surface area contributed by atoms with E-state index in [1.54, 1.807) is 0 Å². The van der Waals surface area contributed by atoms with Gasteiger partial charge in [-0.25, -0.2) is 4.57 Å². The maximum atomic E-state index is 13.0. The van der Waals surface area contributed by atoms with E-state index in [0.717, 1.165) is 135 Å². The van der Waals surface area contributed by atoms with Crippen LogP contribution in [0.1, 0.15) is 290 Å². The minimum atomic E-state index is -4.76. The van der Waals surface area contributed by atoms with Gasteiger partial charge in [0, 0.05) is 19.3 Å². The van der Waals surface area contributed by atoms with Crippen LogP contribution in [0.5, 0.6) is 0 Å². The summed E-state index contributed by atoms with van der Waals surface area (Å²) in [5, 5.41) is 9.85. The number of hydrogen-bond donors (Lipinski definition) is 2. The molecule has 0 rings (SSSR count). The third-order valence-electron chi connectivity index (χ3n) is 13.8. The fourth-order valence-corrected chi connectivity index (χ4v) is 9.74. The molecule has 462 valence electrons. The van der Waals surface area contributed by atoms with Crippen molar-refractivity contribution >= 4 is 25.7 Å². The van der Waals surface area contributed by atoms with Gasteiger partial charge in [-0.3, -0.25) is 23.4 Å². The molecule has 0 bridgehead atoms. The molecule has 12 heteroatoms. The Hall–Kier alpha value is -3.34. The zero-order valence-electron chi connectivity index (χ0n) is 51.3. The predicted octanol–water partition coefficient (Wildman–Crippen LogP) is 19.8. The van der Waals surface area contributed by atoms with Crippen molar-refractivity contribution in [2.24, 2.45) is 0 Å². The SMILES string of the molecule is CC/C=C\C/C=C\C/C=C\C/C=C\CCCCCCCCC(=O)OCC(COP(=O)(O)OCC(CO)OC(=O)CCCCCCC/C=C\C/C=C\C/C=C\CC)OC(=O)CCCCCCCCCCCCCCCCCCCCC. The van der Waals surface area contributed by atoms with Crippen molar-refractivity contribution < 1.29 is 52.2 Å². The van der Waals surface area contributed by atoms with E-state index in [-0.39, 0.29) is 25.9 Å². The van der Waals surface area contributed by atoms with Gasteiger partial charge >= 0.3 is 25.7 Å². The molecule has 0 aromatic heterocycles. The zero-order chi connectivity index (χ0) is 58.3. The lowest BCUT2D eigenvalue weighted by Crippen LogP contribution is -2.30. The summed E-state index contributed by atoms with van der Waals surface area (Å²) in [5.74, 6) is -1.49. The number of aliphatic hydroxyl groups is 1. The summed E-state index contributed by atoms with van der Waals surface area (Å²) in [6.07, 6.45) is 72.5. The van der Waals surface area contributed by atoms with Crippen molar-refractivity contribution in [3.63, 3.8) is 0 Å². The number of phosphoric ester groups is 1. The number of unbranched alkanes of at least 4 members (excludes halogenated alkanes) is 29. The van der Waals surface area contributed by atoms with E-state index >= 15 is 0 Å². The van der Waals surface area contributed by atoms with E-state index in [9.17, 15) is 28.9 Å². The highest BCUT2D eigenvalue weighted by Crippen LogP contribution is 2.43. The number of phosphoric acid groups is 1. The van der Waals surface area contributed by atoms with Crippen molar-refractivity contribution in [2.75, 3.05) is 26.4 Å². The van der Waals surface area contributed by atoms with E-state index in [1.807, 2.05) is 0 Å². The molecular formula is C68H119O11P. The highest BCUT2D eigenvalue weighted by atomic mass is 31.2. The van der Waals surface area contributed by atoms with E-state index in [2.05, 4.69) is 106 Å². The largest absolute Gasteiger partial charge is 0.472 e. The summed E-state index contributed by atoms with van der Waals surface area (Å²) in [5.41, 5.74) is 0. The van der Waals surface area contributed by atoms with Gasteiger partial charge in [0.2, 0.25) is 0 Å². The molecule has 0 aliphatic carbocycles. The first-order valence-corrected chi connectivity index (χ1v) is 34.0. The highest BCUT2D eigenvalue weighted by molar-refractivity contribution is 7.47. The summed E-state index contributed by atoms with van der Waals surface area (Å²) in [7, 11) is -4.76. The Balaban J connectivity index is 4.72. The number of esters is 3. The molecule has 0 saturated heterocycles. The molecule has 0 heterocycles. The summed E-state index contributed by atoms with van der Waals surface area (Å²) >= 11 is 0. The van der Waals surface area contributed by atoms with Gasteiger partial charge < -0.3 is 24.2 Å². The predicted molar refractivity (Wildman–Crippen MR) is 334 cm³/mol. The second-order valence-electron chi connectivity index (χ2n) is 21.5. The number of ether oxygens (including phenoxy) is 3. The quantitative estimate of drug-likeness (QED) is 0.0197. The minimum Gasteiger partial charge on any atom is -0.462 e. The molecule has 0 spiro atoms. The number of carbonyl (C=O) groups excluding carboxylic acids is 3. The first-order valence-electron chi connectivity index (χ1n) is 32.5. The average molecular weight is 1140 g/mol. The maximum absolute atomic E-state index is 13.0.